The monoisotopic (exact) mass is 352 g/mol. The molecular weight excluding hydrogens is 340 g/mol. The summed E-state index contributed by atoms with van der Waals surface area (Å²) in [5.41, 5.74) is 2.78. The lowest BCUT2D eigenvalue weighted by molar-refractivity contribution is 0.174. The molecule has 0 saturated carbocycles. The molecule has 124 valence electrons. The van der Waals surface area contributed by atoms with Gasteiger partial charge in [-0.15, -0.1) is 0 Å². The van der Waals surface area contributed by atoms with Crippen LogP contribution in [0.2, 0.25) is 0 Å². The van der Waals surface area contributed by atoms with Crippen LogP contribution in [0.5, 0.6) is 11.5 Å². The molecule has 0 amide bonds. The number of imidazole rings is 1. The minimum atomic E-state index is 0.240. The topological polar surface area (TPSA) is 86.1 Å². The van der Waals surface area contributed by atoms with Gasteiger partial charge in [-0.25, -0.2) is 4.98 Å². The number of hydrogen-bond acceptors (Lipinski definition) is 7. The van der Waals surface area contributed by atoms with E-state index in [1.165, 1.54) is 11.8 Å². The molecule has 8 heteroatoms. The molecule has 1 N–H and O–H groups in total. The van der Waals surface area contributed by atoms with E-state index in [2.05, 4.69) is 20.1 Å². The molecule has 0 spiro atoms. The van der Waals surface area contributed by atoms with Crippen molar-refractivity contribution in [1.29, 1.82) is 0 Å². The maximum Gasteiger partial charge on any atom is 0.237 e. The predicted molar refractivity (Wildman–Crippen MR) is 91.5 cm³/mol. The van der Waals surface area contributed by atoms with Crippen molar-refractivity contribution >= 4 is 22.8 Å². The first-order valence-electron chi connectivity index (χ1n) is 7.65. The summed E-state index contributed by atoms with van der Waals surface area (Å²) in [6.07, 6.45) is 0. The fraction of sp³-hybridized carbons (Fsp3) is 0.118. The molecule has 3 heterocycles. The minimum absolute atomic E-state index is 0.240. The highest BCUT2D eigenvalue weighted by Crippen LogP contribution is 2.35. The number of fused-ring (bicyclic) bond motifs is 2. The number of para-hydroxylation sites is 2. The van der Waals surface area contributed by atoms with Crippen molar-refractivity contribution < 1.29 is 14.0 Å². The van der Waals surface area contributed by atoms with Gasteiger partial charge in [-0.05, 0) is 30.3 Å². The fourth-order valence-electron chi connectivity index (χ4n) is 2.59. The van der Waals surface area contributed by atoms with Crippen LogP contribution in [0.25, 0.3) is 22.4 Å². The first kappa shape index (κ1) is 14.4. The highest BCUT2D eigenvalue weighted by Gasteiger charge is 2.16. The molecule has 0 unspecified atom stereocenters. The molecule has 2 aromatic carbocycles. The Morgan fingerprint density at radius 1 is 1.04 bits per heavy atom. The molecule has 0 atom stereocenters. The van der Waals surface area contributed by atoms with Crippen molar-refractivity contribution in [2.24, 2.45) is 0 Å². The average molecular weight is 352 g/mol. The third-order valence-electron chi connectivity index (χ3n) is 3.80. The summed E-state index contributed by atoms with van der Waals surface area (Å²) in [6.45, 7) is 0.240. The smallest absolute Gasteiger partial charge is 0.237 e. The molecule has 25 heavy (non-hydrogen) atoms. The highest BCUT2D eigenvalue weighted by molar-refractivity contribution is 7.98. The van der Waals surface area contributed by atoms with Crippen LogP contribution in [0.4, 0.5) is 0 Å². The first-order chi connectivity index (χ1) is 12.3. The van der Waals surface area contributed by atoms with Gasteiger partial charge in [0.05, 0.1) is 16.8 Å². The Labute approximate surface area is 146 Å². The summed E-state index contributed by atoms with van der Waals surface area (Å²) in [5, 5.41) is 4.86. The van der Waals surface area contributed by atoms with Crippen molar-refractivity contribution in [2.45, 2.75) is 10.9 Å². The van der Waals surface area contributed by atoms with Crippen LogP contribution in [-0.4, -0.2) is 26.9 Å². The van der Waals surface area contributed by atoms with Crippen molar-refractivity contribution in [3.63, 3.8) is 0 Å². The third kappa shape index (κ3) is 2.70. The van der Waals surface area contributed by atoms with Gasteiger partial charge in [0.1, 0.15) is 0 Å². The number of H-pyrrole nitrogens is 1. The molecular formula is C17H12N4O3S. The standard InChI is InChI=1S/C17H12N4O3S/c1-2-4-12-11(3-1)18-17(19-12)25-8-15-20-16(21-24-15)10-5-6-13-14(7-10)23-9-22-13/h1-7H,8-9H2,(H,18,19). The normalized spacial score (nSPS) is 12.8. The van der Waals surface area contributed by atoms with Crippen molar-refractivity contribution in [3.8, 4) is 22.9 Å². The summed E-state index contributed by atoms with van der Waals surface area (Å²) < 4.78 is 16.0. The van der Waals surface area contributed by atoms with Crippen LogP contribution in [0.1, 0.15) is 5.89 Å². The van der Waals surface area contributed by atoms with Gasteiger partial charge in [0.25, 0.3) is 0 Å². The summed E-state index contributed by atoms with van der Waals surface area (Å²) in [7, 11) is 0. The Bertz CT molecular complexity index is 1030. The Morgan fingerprint density at radius 3 is 2.92 bits per heavy atom. The van der Waals surface area contributed by atoms with Gasteiger partial charge in [-0.1, -0.05) is 29.1 Å². The minimum Gasteiger partial charge on any atom is -0.454 e. The molecule has 7 nitrogen and oxygen atoms in total. The van der Waals surface area contributed by atoms with Gasteiger partial charge in [0.15, 0.2) is 16.7 Å². The molecule has 0 radical (unpaired) electrons. The van der Waals surface area contributed by atoms with E-state index in [9.17, 15) is 0 Å². The SMILES string of the molecule is c1ccc2[nH]c(SCc3nc(-c4ccc5c(c4)OCO5)no3)nc2c1. The van der Waals surface area contributed by atoms with Crippen LogP contribution in [0, 0.1) is 0 Å². The van der Waals surface area contributed by atoms with Gasteiger partial charge in [-0.3, -0.25) is 0 Å². The van der Waals surface area contributed by atoms with Gasteiger partial charge in [-0.2, -0.15) is 4.98 Å². The predicted octanol–water partition coefficient (Wildman–Crippen LogP) is 3.63. The number of benzene rings is 2. The van der Waals surface area contributed by atoms with E-state index in [1.807, 2.05) is 42.5 Å². The molecule has 0 bridgehead atoms. The number of nitrogens with zero attached hydrogens (tertiary/aromatic N) is 3. The second-order valence-corrected chi connectivity index (χ2v) is 6.39. The van der Waals surface area contributed by atoms with Crippen LogP contribution < -0.4 is 9.47 Å². The largest absolute Gasteiger partial charge is 0.454 e. The molecule has 5 rings (SSSR count). The number of aromatic amines is 1. The number of rotatable bonds is 4. The first-order valence-corrected chi connectivity index (χ1v) is 8.64. The fourth-order valence-corrected chi connectivity index (χ4v) is 3.32. The maximum atomic E-state index is 5.38. The lowest BCUT2D eigenvalue weighted by atomic mass is 10.2. The Morgan fingerprint density at radius 2 is 1.96 bits per heavy atom. The van der Waals surface area contributed by atoms with Crippen LogP contribution >= 0.6 is 11.8 Å². The molecule has 0 saturated heterocycles. The average Bonchev–Trinajstić information content (AvgIpc) is 3.37. The zero-order valence-corrected chi connectivity index (χ0v) is 13.7. The molecule has 1 aliphatic heterocycles. The van der Waals surface area contributed by atoms with Crippen molar-refractivity contribution in [2.75, 3.05) is 6.79 Å². The zero-order valence-electron chi connectivity index (χ0n) is 12.9. The summed E-state index contributed by atoms with van der Waals surface area (Å²) in [4.78, 5) is 12.2. The van der Waals surface area contributed by atoms with Crippen LogP contribution in [0.3, 0.4) is 0 Å². The van der Waals surface area contributed by atoms with E-state index in [0.29, 0.717) is 23.2 Å². The zero-order chi connectivity index (χ0) is 16.6. The number of nitrogens with one attached hydrogen (secondary N) is 1. The van der Waals surface area contributed by atoms with E-state index in [0.717, 1.165) is 27.5 Å². The molecule has 2 aromatic heterocycles. The van der Waals surface area contributed by atoms with E-state index in [1.54, 1.807) is 0 Å². The molecule has 0 fully saturated rings. The van der Waals surface area contributed by atoms with E-state index >= 15 is 0 Å². The van der Waals surface area contributed by atoms with Gasteiger partial charge >= 0.3 is 0 Å². The van der Waals surface area contributed by atoms with Crippen molar-refractivity contribution in [3.05, 3.63) is 48.4 Å². The summed E-state index contributed by atoms with van der Waals surface area (Å²) in [6, 6.07) is 13.5. The second kappa shape index (κ2) is 5.82. The lowest BCUT2D eigenvalue weighted by Crippen LogP contribution is -1.92. The van der Waals surface area contributed by atoms with Gasteiger partial charge in [0.2, 0.25) is 18.5 Å². The van der Waals surface area contributed by atoms with E-state index in [4.69, 9.17) is 14.0 Å². The highest BCUT2D eigenvalue weighted by atomic mass is 32.2. The number of thioether (sulfide) groups is 1. The number of aromatic nitrogens is 4. The second-order valence-electron chi connectivity index (χ2n) is 5.43. The van der Waals surface area contributed by atoms with E-state index < -0.39 is 0 Å². The number of ether oxygens (including phenoxy) is 2. The third-order valence-corrected chi connectivity index (χ3v) is 4.66. The van der Waals surface area contributed by atoms with E-state index in [-0.39, 0.29) is 6.79 Å². The molecule has 1 aliphatic rings. The Kier molecular flexibility index (Phi) is 3.34. The van der Waals surface area contributed by atoms with Crippen LogP contribution in [0.15, 0.2) is 52.1 Å². The van der Waals surface area contributed by atoms with Gasteiger partial charge < -0.3 is 19.0 Å². The summed E-state index contributed by atoms with van der Waals surface area (Å²) >= 11 is 1.52. The Hall–Kier alpha value is -3.00. The summed E-state index contributed by atoms with van der Waals surface area (Å²) in [5.74, 6) is 3.03. The molecule has 4 aromatic rings. The maximum absolute atomic E-state index is 5.38. The quantitative estimate of drug-likeness (QED) is 0.561. The Balaban J connectivity index is 1.32. The lowest BCUT2D eigenvalue weighted by Gasteiger charge is -1.97. The van der Waals surface area contributed by atoms with Gasteiger partial charge in [0, 0.05) is 5.56 Å². The molecule has 0 aliphatic carbocycles. The number of hydrogen-bond donors (Lipinski definition) is 1. The van der Waals surface area contributed by atoms with Crippen molar-refractivity contribution in [1.82, 2.24) is 20.1 Å². The van der Waals surface area contributed by atoms with Crippen LogP contribution in [-0.2, 0) is 5.75 Å².